The zero-order valence-corrected chi connectivity index (χ0v) is 15.1. The fourth-order valence-corrected chi connectivity index (χ4v) is 5.98. The molecule has 25 heavy (non-hydrogen) atoms. The fraction of sp³-hybridized carbons (Fsp3) is 0.0500. The third-order valence-corrected chi connectivity index (χ3v) is 7.65. The van der Waals surface area contributed by atoms with Crippen LogP contribution in [0, 0.1) is 0 Å². The van der Waals surface area contributed by atoms with Crippen LogP contribution >= 0.6 is 10.5 Å². The fourth-order valence-electron chi connectivity index (χ4n) is 3.00. The van der Waals surface area contributed by atoms with Gasteiger partial charge in [0.05, 0.1) is 15.7 Å². The number of benzene rings is 3. The van der Waals surface area contributed by atoms with Crippen molar-refractivity contribution in [3.63, 3.8) is 0 Å². The van der Waals surface area contributed by atoms with Crippen molar-refractivity contribution >= 4 is 40.5 Å². The molecule has 0 aliphatic carbocycles. The lowest BCUT2D eigenvalue weighted by atomic mass is 10.2. The quantitative estimate of drug-likeness (QED) is 0.387. The van der Waals surface area contributed by atoms with Crippen LogP contribution in [0.4, 0.5) is 0 Å². The van der Waals surface area contributed by atoms with Gasteiger partial charge in [0.25, 0.3) is 0 Å². The molecule has 0 fully saturated rings. The second-order valence-electron chi connectivity index (χ2n) is 5.87. The Balaban J connectivity index is 2.13. The van der Waals surface area contributed by atoms with Crippen molar-refractivity contribution in [3.8, 4) is 4.90 Å². The van der Waals surface area contributed by atoms with Crippen LogP contribution < -0.4 is 5.43 Å². The van der Waals surface area contributed by atoms with E-state index in [1.165, 1.54) is 6.26 Å². The summed E-state index contributed by atoms with van der Waals surface area (Å²) in [4.78, 5) is 14.1. The predicted molar refractivity (Wildman–Crippen MR) is 105 cm³/mol. The molecule has 4 rings (SSSR count). The van der Waals surface area contributed by atoms with Crippen LogP contribution in [0.1, 0.15) is 0 Å². The van der Waals surface area contributed by atoms with Crippen LogP contribution in [0.2, 0.25) is 0 Å². The Bertz CT molecular complexity index is 1210. The SMILES string of the molecule is CS(=O)(=O)c1ccc(-[s+]2c3ccccc3c(=O)c3ccccc32)cc1. The first-order chi connectivity index (χ1) is 12.0. The normalized spacial score (nSPS) is 11.9. The van der Waals surface area contributed by atoms with Gasteiger partial charge in [-0.1, -0.05) is 24.3 Å². The number of hydrogen-bond acceptors (Lipinski definition) is 3. The van der Waals surface area contributed by atoms with Crippen molar-refractivity contribution < 1.29 is 8.42 Å². The summed E-state index contributed by atoms with van der Waals surface area (Å²) in [6, 6.07) is 22.3. The number of sulfone groups is 1. The second kappa shape index (κ2) is 5.79. The van der Waals surface area contributed by atoms with Crippen LogP contribution in [0.3, 0.4) is 0 Å². The monoisotopic (exact) mass is 367 g/mol. The van der Waals surface area contributed by atoms with Gasteiger partial charge >= 0.3 is 0 Å². The van der Waals surface area contributed by atoms with Gasteiger partial charge in [-0.3, -0.25) is 4.79 Å². The number of rotatable bonds is 2. The first-order valence-electron chi connectivity index (χ1n) is 7.74. The van der Waals surface area contributed by atoms with Crippen LogP contribution in [-0.2, 0) is 9.84 Å². The molecule has 0 spiro atoms. The van der Waals surface area contributed by atoms with E-state index in [1.807, 2.05) is 60.7 Å². The van der Waals surface area contributed by atoms with Gasteiger partial charge in [0, 0.05) is 16.7 Å². The highest BCUT2D eigenvalue weighted by Crippen LogP contribution is 2.43. The van der Waals surface area contributed by atoms with Gasteiger partial charge in [-0.15, -0.1) is 0 Å². The van der Waals surface area contributed by atoms with Crippen LogP contribution in [0.5, 0.6) is 0 Å². The summed E-state index contributed by atoms with van der Waals surface area (Å²) in [6.07, 6.45) is 1.20. The molecule has 3 nitrogen and oxygen atoms in total. The van der Waals surface area contributed by atoms with Gasteiger partial charge in [-0.05, 0) is 48.5 Å². The Morgan fingerprint density at radius 1 is 0.720 bits per heavy atom. The lowest BCUT2D eigenvalue weighted by Gasteiger charge is -2.03. The Labute approximate surface area is 148 Å². The number of fused-ring (bicyclic) bond motifs is 2. The van der Waals surface area contributed by atoms with E-state index in [2.05, 4.69) is 0 Å². The average molecular weight is 367 g/mol. The average Bonchev–Trinajstić information content (AvgIpc) is 2.62. The zero-order chi connectivity index (χ0) is 17.6. The van der Waals surface area contributed by atoms with Gasteiger partial charge in [0.1, 0.15) is 0 Å². The number of hydrogen-bond donors (Lipinski definition) is 0. The Hall–Kier alpha value is -2.50. The molecule has 0 amide bonds. The Morgan fingerprint density at radius 3 is 1.68 bits per heavy atom. The molecule has 0 N–H and O–H groups in total. The second-order valence-corrected chi connectivity index (χ2v) is 9.85. The molecule has 0 saturated carbocycles. The molecule has 0 saturated heterocycles. The first-order valence-corrected chi connectivity index (χ1v) is 10.9. The van der Waals surface area contributed by atoms with E-state index >= 15 is 0 Å². The van der Waals surface area contributed by atoms with Gasteiger partial charge in [0.2, 0.25) is 5.43 Å². The van der Waals surface area contributed by atoms with Gasteiger partial charge in [0.15, 0.2) is 24.1 Å². The molecular formula is C20H15O3S2+. The van der Waals surface area contributed by atoms with Crippen molar-refractivity contribution in [3.05, 3.63) is 83.0 Å². The highest BCUT2D eigenvalue weighted by atomic mass is 32.2. The zero-order valence-electron chi connectivity index (χ0n) is 13.5. The van der Waals surface area contributed by atoms with E-state index in [-0.39, 0.29) is 5.43 Å². The van der Waals surface area contributed by atoms with E-state index in [0.29, 0.717) is 4.90 Å². The van der Waals surface area contributed by atoms with E-state index in [9.17, 15) is 13.2 Å². The Kier molecular flexibility index (Phi) is 3.71. The first kappa shape index (κ1) is 16.0. The maximum absolute atomic E-state index is 12.8. The topological polar surface area (TPSA) is 51.2 Å². The third kappa shape index (κ3) is 2.65. The van der Waals surface area contributed by atoms with E-state index in [1.54, 1.807) is 12.1 Å². The lowest BCUT2D eigenvalue weighted by Crippen LogP contribution is -2.02. The summed E-state index contributed by atoms with van der Waals surface area (Å²) in [7, 11) is -3.66. The predicted octanol–water partition coefficient (Wildman–Crippen LogP) is 4.50. The smallest absolute Gasteiger partial charge is 0.203 e. The highest BCUT2D eigenvalue weighted by molar-refractivity contribution is 7.90. The van der Waals surface area contributed by atoms with Crippen molar-refractivity contribution in [1.82, 2.24) is 0 Å². The molecule has 0 atom stereocenters. The summed E-state index contributed by atoms with van der Waals surface area (Å²) < 4.78 is 25.4. The molecule has 1 heterocycles. The summed E-state index contributed by atoms with van der Waals surface area (Å²) in [5.74, 6) is 0. The minimum Gasteiger partial charge on any atom is -0.288 e. The molecule has 0 radical (unpaired) electrons. The summed E-state index contributed by atoms with van der Waals surface area (Å²) >= 11 is 0. The molecule has 124 valence electrons. The van der Waals surface area contributed by atoms with Crippen molar-refractivity contribution in [1.29, 1.82) is 0 Å². The molecule has 5 heteroatoms. The van der Waals surface area contributed by atoms with Crippen molar-refractivity contribution in [2.45, 2.75) is 4.90 Å². The summed E-state index contributed by atoms with van der Waals surface area (Å²) in [5, 5.41) is 1.44. The highest BCUT2D eigenvalue weighted by Gasteiger charge is 2.22. The maximum Gasteiger partial charge on any atom is 0.203 e. The van der Waals surface area contributed by atoms with Gasteiger partial charge in [-0.25, -0.2) is 8.42 Å². The van der Waals surface area contributed by atoms with Crippen LogP contribution in [0.25, 0.3) is 25.1 Å². The molecule has 0 unspecified atom stereocenters. The third-order valence-electron chi connectivity index (χ3n) is 4.19. The van der Waals surface area contributed by atoms with E-state index in [4.69, 9.17) is 0 Å². The largest absolute Gasteiger partial charge is 0.288 e. The van der Waals surface area contributed by atoms with Crippen molar-refractivity contribution in [2.24, 2.45) is 0 Å². The van der Waals surface area contributed by atoms with Crippen molar-refractivity contribution in [2.75, 3.05) is 6.26 Å². The molecule has 0 bridgehead atoms. The molecule has 0 aliphatic rings. The standard InChI is InChI=1S/C20H15O3S2/c1-25(22,23)15-12-10-14(11-13-15)24-18-8-4-2-6-16(18)20(21)17-7-3-5-9-19(17)24/h2-13H,1H3/q+1. The van der Waals surface area contributed by atoms with Crippen LogP contribution in [0.15, 0.2) is 82.5 Å². The van der Waals surface area contributed by atoms with Crippen LogP contribution in [-0.4, -0.2) is 14.7 Å². The molecule has 3 aromatic carbocycles. The molecular weight excluding hydrogens is 352 g/mol. The van der Waals surface area contributed by atoms with E-state index in [0.717, 1.165) is 25.1 Å². The molecule has 4 aromatic rings. The minimum atomic E-state index is -3.23. The minimum absolute atomic E-state index is 0.0442. The van der Waals surface area contributed by atoms with Gasteiger partial charge < -0.3 is 0 Å². The maximum atomic E-state index is 12.8. The summed E-state index contributed by atoms with van der Waals surface area (Å²) in [5.41, 5.74) is 0.0442. The molecule has 1 aromatic heterocycles. The lowest BCUT2D eigenvalue weighted by molar-refractivity contribution is 0.602. The summed E-state index contributed by atoms with van der Waals surface area (Å²) in [6.45, 7) is 0. The molecule has 0 aliphatic heterocycles. The Morgan fingerprint density at radius 2 is 1.20 bits per heavy atom. The van der Waals surface area contributed by atoms with E-state index < -0.39 is 20.3 Å². The van der Waals surface area contributed by atoms with Gasteiger partial charge in [-0.2, -0.15) is 0 Å².